The average Bonchev–Trinajstić information content (AvgIpc) is 3.59. The summed E-state index contributed by atoms with van der Waals surface area (Å²) in [5, 5.41) is 12.1. The van der Waals surface area contributed by atoms with Crippen LogP contribution in [0, 0.1) is 5.82 Å². The van der Waals surface area contributed by atoms with Crippen molar-refractivity contribution in [1.82, 2.24) is 24.8 Å². The number of anilines is 3. The Morgan fingerprint density at radius 3 is 2.59 bits per heavy atom. The van der Waals surface area contributed by atoms with E-state index in [1.807, 2.05) is 4.90 Å². The first-order valence-corrected chi connectivity index (χ1v) is 15.3. The molecule has 9 nitrogen and oxygen atoms in total. The Kier molecular flexibility index (Phi) is 11.0. The van der Waals surface area contributed by atoms with Gasteiger partial charge in [0, 0.05) is 60.8 Å². The number of hydrogen-bond acceptors (Lipinski definition) is 9. The first-order valence-electron chi connectivity index (χ1n) is 14.1. The summed E-state index contributed by atoms with van der Waals surface area (Å²) in [7, 11) is 0. The number of likely N-dealkylation sites (tertiary alicyclic amines) is 1. The third-order valence-electron chi connectivity index (χ3n) is 7.82. The molecule has 1 aromatic carbocycles. The summed E-state index contributed by atoms with van der Waals surface area (Å²) in [6.07, 6.45) is -0.255. The number of aliphatic carboxylic acids is 1. The molecule has 4 heterocycles. The second-order valence-corrected chi connectivity index (χ2v) is 12.2. The van der Waals surface area contributed by atoms with Gasteiger partial charge in [0.25, 0.3) is 0 Å². The number of hydrogen-bond donors (Lipinski definition) is 2. The summed E-state index contributed by atoms with van der Waals surface area (Å²) in [5.41, 5.74) is -0.281. The summed E-state index contributed by atoms with van der Waals surface area (Å²) in [5.74, 6) is -1.53. The zero-order valence-electron chi connectivity index (χ0n) is 23.5. The van der Waals surface area contributed by atoms with Crippen molar-refractivity contribution in [3.8, 4) is 11.3 Å². The molecule has 0 unspecified atom stereocenters. The molecule has 0 amide bonds. The Morgan fingerprint density at radius 1 is 1.16 bits per heavy atom. The Labute approximate surface area is 262 Å². The van der Waals surface area contributed by atoms with E-state index < -0.39 is 23.5 Å². The largest absolute Gasteiger partial charge is 0.481 e. The summed E-state index contributed by atoms with van der Waals surface area (Å²) in [6, 6.07) is 3.74. The Hall–Kier alpha value is -3.07. The van der Waals surface area contributed by atoms with Crippen molar-refractivity contribution in [2.75, 3.05) is 49.5 Å². The predicted molar refractivity (Wildman–Crippen MR) is 164 cm³/mol. The van der Waals surface area contributed by atoms with Crippen LogP contribution in [0.2, 0.25) is 5.02 Å². The summed E-state index contributed by atoms with van der Waals surface area (Å²) in [6.45, 7) is 5.94. The molecule has 2 N–H and O–H groups in total. The molecule has 0 aliphatic carbocycles. The van der Waals surface area contributed by atoms with Crippen LogP contribution in [0.5, 0.6) is 0 Å². The standard InChI is InChI=1S/C28H32ClF4N7O2S.CH4/c1-2-20-4-3-6-40(20)15-21-24(17-12-18(28(31,32)33)14-19(29)13-17)36-27(43-21)37-25-23(30)26(35-16-34-25)39-10-8-38(9-11-39)7-5-22(41)42;/h12-14,16,20H,2-11,15H2,1H3,(H,41,42)(H,34,35,36,37);1H4/t20-;/m1./s1. The maximum Gasteiger partial charge on any atom is 0.416 e. The third-order valence-corrected chi connectivity index (χ3v) is 9.00. The van der Waals surface area contributed by atoms with Gasteiger partial charge < -0.3 is 15.3 Å². The van der Waals surface area contributed by atoms with E-state index in [9.17, 15) is 18.0 Å². The fraction of sp³-hybridized carbons (Fsp3) is 0.517. The number of aromatic nitrogens is 3. The maximum atomic E-state index is 15.7. The quantitative estimate of drug-likeness (QED) is 0.229. The highest BCUT2D eigenvalue weighted by molar-refractivity contribution is 7.16. The van der Waals surface area contributed by atoms with Crippen LogP contribution in [-0.2, 0) is 17.5 Å². The SMILES string of the molecule is C.CC[C@@H]1CCCN1Cc1sc(Nc2ncnc(N3CCN(CCC(=O)O)CC3)c2F)nc1-c1cc(Cl)cc(C(F)(F)F)c1. The monoisotopic (exact) mass is 657 g/mol. The van der Waals surface area contributed by atoms with Gasteiger partial charge in [-0.05, 0) is 44.0 Å². The van der Waals surface area contributed by atoms with E-state index in [1.54, 1.807) is 4.90 Å². The van der Waals surface area contributed by atoms with Crippen molar-refractivity contribution >= 4 is 45.7 Å². The normalized spacial score (nSPS) is 18.0. The lowest BCUT2D eigenvalue weighted by molar-refractivity contribution is -0.138. The number of thiazole rings is 1. The van der Waals surface area contributed by atoms with Crippen LogP contribution in [0.4, 0.5) is 34.3 Å². The maximum absolute atomic E-state index is 15.7. The number of rotatable bonds is 10. The summed E-state index contributed by atoms with van der Waals surface area (Å²) < 4.78 is 56.6. The average molecular weight is 658 g/mol. The molecule has 2 aliphatic heterocycles. The van der Waals surface area contributed by atoms with Gasteiger partial charge in [0.05, 0.1) is 17.7 Å². The molecule has 0 spiro atoms. The molecule has 2 aliphatic rings. The number of carbonyl (C=O) groups is 1. The third kappa shape index (κ3) is 7.95. The van der Waals surface area contributed by atoms with Gasteiger partial charge in [-0.15, -0.1) is 0 Å². The highest BCUT2D eigenvalue weighted by Gasteiger charge is 2.32. The van der Waals surface area contributed by atoms with E-state index in [4.69, 9.17) is 16.7 Å². The van der Waals surface area contributed by atoms with Gasteiger partial charge in [0.15, 0.2) is 16.8 Å². The second-order valence-electron chi connectivity index (χ2n) is 10.6. The van der Waals surface area contributed by atoms with Crippen molar-refractivity contribution in [2.24, 2.45) is 0 Å². The van der Waals surface area contributed by atoms with Gasteiger partial charge >= 0.3 is 12.1 Å². The zero-order chi connectivity index (χ0) is 30.7. The summed E-state index contributed by atoms with van der Waals surface area (Å²) >= 11 is 7.35. The van der Waals surface area contributed by atoms with Crippen LogP contribution in [0.3, 0.4) is 0 Å². The van der Waals surface area contributed by atoms with Gasteiger partial charge in [-0.25, -0.2) is 15.0 Å². The highest BCUT2D eigenvalue weighted by Crippen LogP contribution is 2.40. The fourth-order valence-electron chi connectivity index (χ4n) is 5.58. The van der Waals surface area contributed by atoms with E-state index in [2.05, 4.69) is 32.1 Å². The lowest BCUT2D eigenvalue weighted by atomic mass is 10.1. The lowest BCUT2D eigenvalue weighted by Gasteiger charge is -2.35. The van der Waals surface area contributed by atoms with Crippen molar-refractivity contribution < 1.29 is 27.5 Å². The zero-order valence-corrected chi connectivity index (χ0v) is 25.1. The van der Waals surface area contributed by atoms with Gasteiger partial charge in [-0.1, -0.05) is 37.3 Å². The predicted octanol–water partition coefficient (Wildman–Crippen LogP) is 6.76. The number of nitrogens with zero attached hydrogens (tertiary/aromatic N) is 6. The molecule has 3 aromatic rings. The van der Waals surface area contributed by atoms with Gasteiger partial charge in [0.1, 0.15) is 6.33 Å². The first kappa shape index (κ1) is 33.8. The molecule has 240 valence electrons. The smallest absolute Gasteiger partial charge is 0.416 e. The number of piperazine rings is 1. The van der Waals surface area contributed by atoms with Crippen LogP contribution >= 0.6 is 22.9 Å². The Bertz CT molecular complexity index is 1450. The van der Waals surface area contributed by atoms with Crippen LogP contribution < -0.4 is 10.2 Å². The van der Waals surface area contributed by atoms with Gasteiger partial charge in [0.2, 0.25) is 5.82 Å². The summed E-state index contributed by atoms with van der Waals surface area (Å²) in [4.78, 5) is 30.6. The minimum absolute atomic E-state index is 0. The molecule has 44 heavy (non-hydrogen) atoms. The Balaban J connectivity index is 0.00000442. The molecular formula is C29H36ClF4N7O2S. The van der Waals surface area contributed by atoms with Gasteiger partial charge in [-0.2, -0.15) is 17.6 Å². The minimum atomic E-state index is -4.58. The minimum Gasteiger partial charge on any atom is -0.481 e. The topological polar surface area (TPSA) is 97.7 Å². The van der Waals surface area contributed by atoms with E-state index in [-0.39, 0.29) is 41.2 Å². The molecule has 5 rings (SSSR count). The number of carboxylic acid groups (broad SMARTS) is 1. The molecule has 2 fully saturated rings. The highest BCUT2D eigenvalue weighted by atomic mass is 35.5. The lowest BCUT2D eigenvalue weighted by Crippen LogP contribution is -2.47. The van der Waals surface area contributed by atoms with Gasteiger partial charge in [-0.3, -0.25) is 14.6 Å². The van der Waals surface area contributed by atoms with E-state index in [1.165, 1.54) is 23.7 Å². The molecule has 2 saturated heterocycles. The second kappa shape index (κ2) is 14.4. The van der Waals surface area contributed by atoms with Crippen molar-refractivity contribution in [2.45, 2.75) is 58.8 Å². The molecule has 15 heteroatoms. The first-order chi connectivity index (χ1) is 20.5. The molecule has 0 saturated carbocycles. The number of halogens is 5. The van der Waals surface area contributed by atoms with Crippen molar-refractivity contribution in [1.29, 1.82) is 0 Å². The number of alkyl halides is 3. The fourth-order valence-corrected chi connectivity index (χ4v) is 6.83. The number of nitrogens with one attached hydrogen (secondary N) is 1. The van der Waals surface area contributed by atoms with E-state index in [0.717, 1.165) is 42.8 Å². The Morgan fingerprint density at radius 2 is 1.91 bits per heavy atom. The molecule has 1 atom stereocenters. The number of carboxylic acids is 1. The van der Waals surface area contributed by atoms with Crippen LogP contribution in [-0.4, -0.2) is 81.1 Å². The van der Waals surface area contributed by atoms with Crippen molar-refractivity contribution in [3.63, 3.8) is 0 Å². The van der Waals surface area contributed by atoms with E-state index >= 15 is 4.39 Å². The van der Waals surface area contributed by atoms with Crippen LogP contribution in [0.15, 0.2) is 24.5 Å². The number of benzene rings is 1. The molecular weight excluding hydrogens is 622 g/mol. The van der Waals surface area contributed by atoms with Crippen LogP contribution in [0.25, 0.3) is 11.3 Å². The molecule has 0 bridgehead atoms. The van der Waals surface area contributed by atoms with Crippen molar-refractivity contribution in [3.05, 3.63) is 45.8 Å². The molecule has 2 aromatic heterocycles. The van der Waals surface area contributed by atoms with Crippen LogP contribution in [0.1, 0.15) is 50.5 Å². The molecule has 0 radical (unpaired) electrons. The van der Waals surface area contributed by atoms with E-state index in [0.29, 0.717) is 51.0 Å².